The molecule has 0 aliphatic heterocycles. The lowest BCUT2D eigenvalue weighted by atomic mass is 10.2. The van der Waals surface area contributed by atoms with Gasteiger partial charge in [-0.1, -0.05) is 90.0 Å². The molecular weight excluding hydrogens is 304 g/mol. The van der Waals surface area contributed by atoms with E-state index in [-0.39, 0.29) is 0 Å². The number of aryl methyl sites for hydroxylation is 2. The van der Waals surface area contributed by atoms with E-state index in [2.05, 4.69) is 86.6 Å². The number of rotatable bonds is 3. The summed E-state index contributed by atoms with van der Waals surface area (Å²) < 4.78 is 0. The average Bonchev–Trinajstić information content (AvgIpc) is 2.56. The monoisotopic (exact) mass is 322 g/mol. The third-order valence-corrected chi connectivity index (χ3v) is 9.42. The lowest BCUT2D eigenvalue weighted by molar-refractivity contribution is 1.48. The standard InChI is InChI=1S/C20H19ClSi/c1-16-8-12-19(13-9-16)22(21,18-6-4-3-5-7-18)20-14-10-17(2)11-15-20/h3-15H,1-2H3. The first kappa shape index (κ1) is 15.1. The minimum atomic E-state index is -2.45. The Hall–Kier alpha value is -1.83. The largest absolute Gasteiger partial charge is 0.247 e. The highest BCUT2D eigenvalue weighted by atomic mass is 35.6. The third kappa shape index (κ3) is 2.74. The van der Waals surface area contributed by atoms with Crippen LogP contribution in [0.15, 0.2) is 78.9 Å². The van der Waals surface area contributed by atoms with Crippen molar-refractivity contribution in [3.05, 3.63) is 90.0 Å². The van der Waals surface area contributed by atoms with Crippen LogP contribution in [-0.4, -0.2) is 7.38 Å². The van der Waals surface area contributed by atoms with E-state index < -0.39 is 7.38 Å². The maximum Gasteiger partial charge on any atom is 0.247 e. The summed E-state index contributed by atoms with van der Waals surface area (Å²) in [5, 5.41) is 3.69. The van der Waals surface area contributed by atoms with Gasteiger partial charge in [-0.3, -0.25) is 0 Å². The maximum atomic E-state index is 7.36. The van der Waals surface area contributed by atoms with Gasteiger partial charge in [-0.2, -0.15) is 0 Å². The summed E-state index contributed by atoms with van der Waals surface area (Å²) in [6.07, 6.45) is 0. The Kier molecular flexibility index (Phi) is 4.19. The molecule has 0 bridgehead atoms. The number of hydrogen-bond acceptors (Lipinski definition) is 0. The molecule has 0 aliphatic rings. The summed E-state index contributed by atoms with van der Waals surface area (Å²) in [6, 6.07) is 27.8. The summed E-state index contributed by atoms with van der Waals surface area (Å²) >= 11 is 7.36. The van der Waals surface area contributed by atoms with Crippen molar-refractivity contribution < 1.29 is 0 Å². The fourth-order valence-electron chi connectivity index (χ4n) is 2.73. The van der Waals surface area contributed by atoms with Gasteiger partial charge in [-0.25, -0.2) is 0 Å². The molecule has 0 fully saturated rings. The maximum absolute atomic E-state index is 7.36. The summed E-state index contributed by atoms with van der Waals surface area (Å²) in [7, 11) is -2.45. The zero-order valence-electron chi connectivity index (χ0n) is 12.9. The summed E-state index contributed by atoms with van der Waals surface area (Å²) in [5.74, 6) is 0. The second-order valence-electron chi connectivity index (χ2n) is 5.76. The minimum absolute atomic E-state index is 1.23. The Bertz CT molecular complexity index is 700. The fourth-order valence-corrected chi connectivity index (χ4v) is 6.77. The first-order valence-corrected chi connectivity index (χ1v) is 10.5. The molecule has 22 heavy (non-hydrogen) atoms. The van der Waals surface area contributed by atoms with E-state index in [9.17, 15) is 0 Å². The Labute approximate surface area is 138 Å². The lowest BCUT2D eigenvalue weighted by Gasteiger charge is -2.26. The molecule has 0 aromatic heterocycles. The van der Waals surface area contributed by atoms with Crippen molar-refractivity contribution in [2.45, 2.75) is 13.8 Å². The van der Waals surface area contributed by atoms with E-state index in [0.717, 1.165) is 0 Å². The first-order valence-electron chi connectivity index (χ1n) is 7.49. The van der Waals surface area contributed by atoms with Crippen LogP contribution in [0.5, 0.6) is 0 Å². The molecule has 0 unspecified atom stereocenters. The Morgan fingerprint density at radius 1 is 0.545 bits per heavy atom. The molecule has 0 radical (unpaired) electrons. The minimum Gasteiger partial charge on any atom is -0.149 e. The van der Waals surface area contributed by atoms with E-state index in [1.807, 2.05) is 6.07 Å². The molecule has 0 heterocycles. The van der Waals surface area contributed by atoms with Crippen molar-refractivity contribution in [3.8, 4) is 0 Å². The zero-order chi connectivity index (χ0) is 15.6. The van der Waals surface area contributed by atoms with Crippen molar-refractivity contribution in [2.24, 2.45) is 0 Å². The quantitative estimate of drug-likeness (QED) is 0.393. The van der Waals surface area contributed by atoms with Crippen molar-refractivity contribution in [1.29, 1.82) is 0 Å². The molecule has 3 aromatic carbocycles. The van der Waals surface area contributed by atoms with Gasteiger partial charge in [-0.15, -0.1) is 11.1 Å². The van der Waals surface area contributed by atoms with Gasteiger partial charge >= 0.3 is 0 Å². The van der Waals surface area contributed by atoms with Crippen LogP contribution in [0.25, 0.3) is 0 Å². The molecule has 0 saturated heterocycles. The van der Waals surface area contributed by atoms with Crippen molar-refractivity contribution in [3.63, 3.8) is 0 Å². The first-order chi connectivity index (χ1) is 10.6. The van der Waals surface area contributed by atoms with Crippen LogP contribution >= 0.6 is 11.1 Å². The number of benzene rings is 3. The molecule has 0 spiro atoms. The molecule has 110 valence electrons. The average molecular weight is 323 g/mol. The van der Waals surface area contributed by atoms with Crippen molar-refractivity contribution in [2.75, 3.05) is 0 Å². The Balaban J connectivity index is 2.22. The fraction of sp³-hybridized carbons (Fsp3) is 0.100. The van der Waals surface area contributed by atoms with Gasteiger partial charge in [0, 0.05) is 0 Å². The van der Waals surface area contributed by atoms with Crippen LogP contribution in [-0.2, 0) is 0 Å². The smallest absolute Gasteiger partial charge is 0.149 e. The molecule has 0 atom stereocenters. The summed E-state index contributed by atoms with van der Waals surface area (Å²) in [4.78, 5) is 0. The summed E-state index contributed by atoms with van der Waals surface area (Å²) in [5.41, 5.74) is 2.52. The summed E-state index contributed by atoms with van der Waals surface area (Å²) in [6.45, 7) is 4.21. The van der Waals surface area contributed by atoms with E-state index in [1.54, 1.807) is 0 Å². The molecule has 0 saturated carbocycles. The third-order valence-electron chi connectivity index (χ3n) is 4.07. The van der Waals surface area contributed by atoms with Crippen LogP contribution in [0.3, 0.4) is 0 Å². The van der Waals surface area contributed by atoms with Gasteiger partial charge in [0.15, 0.2) is 0 Å². The molecule has 0 amide bonds. The van der Waals surface area contributed by atoms with Gasteiger partial charge < -0.3 is 0 Å². The molecule has 3 rings (SSSR count). The van der Waals surface area contributed by atoms with Gasteiger partial charge in [0.1, 0.15) is 0 Å². The highest BCUT2D eigenvalue weighted by molar-refractivity contribution is 7.40. The van der Waals surface area contributed by atoms with Crippen molar-refractivity contribution >= 4 is 34.0 Å². The topological polar surface area (TPSA) is 0 Å². The molecule has 0 nitrogen and oxygen atoms in total. The van der Waals surface area contributed by atoms with Crippen LogP contribution in [0.1, 0.15) is 11.1 Å². The lowest BCUT2D eigenvalue weighted by Crippen LogP contribution is -2.62. The predicted octanol–water partition coefficient (Wildman–Crippen LogP) is 3.51. The zero-order valence-corrected chi connectivity index (χ0v) is 14.6. The van der Waals surface area contributed by atoms with E-state index >= 15 is 0 Å². The van der Waals surface area contributed by atoms with Gasteiger partial charge in [0.05, 0.1) is 0 Å². The van der Waals surface area contributed by atoms with E-state index in [1.165, 1.54) is 26.7 Å². The van der Waals surface area contributed by atoms with Crippen LogP contribution in [0, 0.1) is 13.8 Å². The van der Waals surface area contributed by atoms with E-state index in [0.29, 0.717) is 0 Å². The Morgan fingerprint density at radius 2 is 0.909 bits per heavy atom. The molecule has 0 N–H and O–H groups in total. The predicted molar refractivity (Wildman–Crippen MR) is 99.3 cm³/mol. The molecule has 3 aromatic rings. The number of halogens is 1. The van der Waals surface area contributed by atoms with Gasteiger partial charge in [0.2, 0.25) is 7.38 Å². The number of hydrogen-bond donors (Lipinski definition) is 0. The highest BCUT2D eigenvalue weighted by Crippen LogP contribution is 2.13. The van der Waals surface area contributed by atoms with Gasteiger partial charge in [-0.05, 0) is 29.4 Å². The van der Waals surface area contributed by atoms with Crippen LogP contribution in [0.4, 0.5) is 0 Å². The van der Waals surface area contributed by atoms with Crippen LogP contribution < -0.4 is 15.6 Å². The molecule has 2 heteroatoms. The van der Waals surface area contributed by atoms with E-state index in [4.69, 9.17) is 11.1 Å². The normalized spacial score (nSPS) is 11.4. The second kappa shape index (κ2) is 6.11. The van der Waals surface area contributed by atoms with Gasteiger partial charge in [0.25, 0.3) is 0 Å². The second-order valence-corrected chi connectivity index (χ2v) is 10.5. The van der Waals surface area contributed by atoms with Crippen molar-refractivity contribution in [1.82, 2.24) is 0 Å². The molecular formula is C20H19ClSi. The van der Waals surface area contributed by atoms with Crippen LogP contribution in [0.2, 0.25) is 0 Å². The Morgan fingerprint density at radius 3 is 1.32 bits per heavy atom. The highest BCUT2D eigenvalue weighted by Gasteiger charge is 2.37. The molecule has 0 aliphatic carbocycles. The SMILES string of the molecule is Cc1ccc([Si](Cl)(c2ccccc2)c2ccc(C)cc2)cc1.